The summed E-state index contributed by atoms with van der Waals surface area (Å²) in [5.74, 6) is 0.493. The molecule has 1 aliphatic carbocycles. The van der Waals surface area contributed by atoms with Crippen molar-refractivity contribution in [3.63, 3.8) is 0 Å². The van der Waals surface area contributed by atoms with Gasteiger partial charge in [-0.3, -0.25) is 4.79 Å². The standard InChI is InChI=1S/C14H19BrN2O/c1-9-3-6-11(15)7-12(9)13(18)17-14(2,8-16)10-4-5-10/h3,6-7,10H,4-5,8,16H2,1-2H3,(H,17,18). The number of carbonyl (C=O) groups excluding carboxylic acids is 1. The van der Waals surface area contributed by atoms with E-state index >= 15 is 0 Å². The molecular weight excluding hydrogens is 292 g/mol. The van der Waals surface area contributed by atoms with Crippen LogP contribution in [0.25, 0.3) is 0 Å². The second-order valence-electron chi connectivity index (χ2n) is 5.31. The molecule has 1 aromatic carbocycles. The molecule has 1 saturated carbocycles. The number of rotatable bonds is 4. The molecule has 0 aromatic heterocycles. The van der Waals surface area contributed by atoms with Crippen LogP contribution in [0.2, 0.25) is 0 Å². The topological polar surface area (TPSA) is 55.1 Å². The lowest BCUT2D eigenvalue weighted by Gasteiger charge is -2.29. The lowest BCUT2D eigenvalue weighted by molar-refractivity contribution is 0.0897. The maximum Gasteiger partial charge on any atom is 0.252 e. The van der Waals surface area contributed by atoms with Crippen molar-refractivity contribution >= 4 is 21.8 Å². The van der Waals surface area contributed by atoms with Crippen molar-refractivity contribution in [1.29, 1.82) is 0 Å². The molecule has 18 heavy (non-hydrogen) atoms. The van der Waals surface area contributed by atoms with Crippen LogP contribution in [0.4, 0.5) is 0 Å². The highest BCUT2D eigenvalue weighted by Crippen LogP contribution is 2.39. The smallest absolute Gasteiger partial charge is 0.252 e. The average molecular weight is 311 g/mol. The van der Waals surface area contributed by atoms with Crippen LogP contribution in [-0.2, 0) is 0 Å². The van der Waals surface area contributed by atoms with Crippen LogP contribution < -0.4 is 11.1 Å². The number of carbonyl (C=O) groups is 1. The van der Waals surface area contributed by atoms with E-state index < -0.39 is 0 Å². The summed E-state index contributed by atoms with van der Waals surface area (Å²) in [5.41, 5.74) is 7.24. The van der Waals surface area contributed by atoms with Gasteiger partial charge in [0.05, 0.1) is 5.54 Å². The van der Waals surface area contributed by atoms with Gasteiger partial charge in [-0.2, -0.15) is 0 Å². The first-order chi connectivity index (χ1) is 8.46. The van der Waals surface area contributed by atoms with Crippen LogP contribution in [0.15, 0.2) is 22.7 Å². The van der Waals surface area contributed by atoms with E-state index in [1.165, 1.54) is 0 Å². The minimum Gasteiger partial charge on any atom is -0.345 e. The van der Waals surface area contributed by atoms with Crippen molar-refractivity contribution in [2.45, 2.75) is 32.2 Å². The molecule has 0 radical (unpaired) electrons. The molecule has 0 spiro atoms. The van der Waals surface area contributed by atoms with Crippen molar-refractivity contribution in [1.82, 2.24) is 5.32 Å². The minimum absolute atomic E-state index is 0.0337. The number of halogens is 1. The molecule has 3 nitrogen and oxygen atoms in total. The Labute approximate surface area is 116 Å². The monoisotopic (exact) mass is 310 g/mol. The first kappa shape index (κ1) is 13.6. The van der Waals surface area contributed by atoms with Gasteiger partial charge in [0, 0.05) is 16.6 Å². The maximum atomic E-state index is 12.3. The summed E-state index contributed by atoms with van der Waals surface area (Å²) < 4.78 is 0.916. The van der Waals surface area contributed by atoms with E-state index in [2.05, 4.69) is 21.2 Å². The number of nitrogens with one attached hydrogen (secondary N) is 1. The first-order valence-corrected chi connectivity index (χ1v) is 7.04. The minimum atomic E-state index is -0.272. The summed E-state index contributed by atoms with van der Waals surface area (Å²) in [7, 11) is 0. The lowest BCUT2D eigenvalue weighted by atomic mass is 9.95. The van der Waals surface area contributed by atoms with Gasteiger partial charge in [0.1, 0.15) is 0 Å². The number of nitrogens with two attached hydrogens (primary N) is 1. The Hall–Kier alpha value is -0.870. The summed E-state index contributed by atoms with van der Waals surface area (Å²) in [6.45, 7) is 4.46. The van der Waals surface area contributed by atoms with E-state index in [1.54, 1.807) is 0 Å². The van der Waals surface area contributed by atoms with Gasteiger partial charge in [-0.1, -0.05) is 22.0 Å². The van der Waals surface area contributed by atoms with Crippen molar-refractivity contribution in [3.8, 4) is 0 Å². The Balaban J connectivity index is 2.18. The zero-order valence-corrected chi connectivity index (χ0v) is 12.4. The summed E-state index contributed by atoms with van der Waals surface area (Å²) in [4.78, 5) is 12.3. The van der Waals surface area contributed by atoms with E-state index in [0.29, 0.717) is 18.0 Å². The SMILES string of the molecule is Cc1ccc(Br)cc1C(=O)NC(C)(CN)C1CC1. The summed E-state index contributed by atoms with van der Waals surface area (Å²) in [6.07, 6.45) is 2.32. The Morgan fingerprint density at radius 2 is 2.22 bits per heavy atom. The van der Waals surface area contributed by atoms with E-state index in [4.69, 9.17) is 5.73 Å². The van der Waals surface area contributed by atoms with Crippen LogP contribution in [0.3, 0.4) is 0 Å². The lowest BCUT2D eigenvalue weighted by Crippen LogP contribution is -2.53. The largest absolute Gasteiger partial charge is 0.345 e. The summed E-state index contributed by atoms with van der Waals surface area (Å²) in [5, 5.41) is 3.10. The highest BCUT2D eigenvalue weighted by Gasteiger charge is 2.41. The Kier molecular flexibility index (Phi) is 3.78. The fraction of sp³-hybridized carbons (Fsp3) is 0.500. The molecule has 1 aromatic rings. The van der Waals surface area contributed by atoms with E-state index in [9.17, 15) is 4.79 Å². The highest BCUT2D eigenvalue weighted by atomic mass is 79.9. The predicted molar refractivity (Wildman–Crippen MR) is 76.5 cm³/mol. The van der Waals surface area contributed by atoms with Crippen LogP contribution in [0.5, 0.6) is 0 Å². The van der Waals surface area contributed by atoms with Gasteiger partial charge in [-0.05, 0) is 50.3 Å². The zero-order chi connectivity index (χ0) is 13.3. The van der Waals surface area contributed by atoms with Crippen LogP contribution >= 0.6 is 15.9 Å². The van der Waals surface area contributed by atoms with Gasteiger partial charge in [-0.15, -0.1) is 0 Å². The number of hydrogen-bond donors (Lipinski definition) is 2. The molecule has 1 fully saturated rings. The molecule has 1 unspecified atom stereocenters. The maximum absolute atomic E-state index is 12.3. The molecular formula is C14H19BrN2O. The molecule has 3 N–H and O–H groups in total. The normalized spacial score (nSPS) is 18.2. The molecule has 4 heteroatoms. The van der Waals surface area contributed by atoms with Gasteiger partial charge in [0.2, 0.25) is 0 Å². The van der Waals surface area contributed by atoms with Crippen molar-refractivity contribution in [3.05, 3.63) is 33.8 Å². The predicted octanol–water partition coefficient (Wildman–Crippen LogP) is 2.61. The van der Waals surface area contributed by atoms with Crippen molar-refractivity contribution in [2.75, 3.05) is 6.54 Å². The second-order valence-corrected chi connectivity index (χ2v) is 6.22. The van der Waals surface area contributed by atoms with Gasteiger partial charge in [-0.25, -0.2) is 0 Å². The van der Waals surface area contributed by atoms with Crippen molar-refractivity contribution in [2.24, 2.45) is 11.7 Å². The molecule has 1 amide bonds. The summed E-state index contributed by atoms with van der Waals surface area (Å²) in [6, 6.07) is 5.74. The molecule has 0 bridgehead atoms. The van der Waals surface area contributed by atoms with Gasteiger partial charge < -0.3 is 11.1 Å². The fourth-order valence-electron chi connectivity index (χ4n) is 2.21. The molecule has 2 rings (SSSR count). The highest BCUT2D eigenvalue weighted by molar-refractivity contribution is 9.10. The quantitative estimate of drug-likeness (QED) is 0.898. The van der Waals surface area contributed by atoms with E-state index in [0.717, 1.165) is 22.9 Å². The third-order valence-corrected chi connectivity index (χ3v) is 4.24. The van der Waals surface area contributed by atoms with Gasteiger partial charge in [0.25, 0.3) is 5.91 Å². The van der Waals surface area contributed by atoms with E-state index in [1.807, 2.05) is 32.0 Å². The molecule has 0 saturated heterocycles. The van der Waals surface area contributed by atoms with E-state index in [-0.39, 0.29) is 11.4 Å². The third-order valence-electron chi connectivity index (χ3n) is 3.75. The molecule has 0 aliphatic heterocycles. The second kappa shape index (κ2) is 5.02. The number of benzene rings is 1. The molecule has 1 atom stereocenters. The van der Waals surface area contributed by atoms with Gasteiger partial charge >= 0.3 is 0 Å². The average Bonchev–Trinajstić information content (AvgIpc) is 3.16. The number of aryl methyl sites for hydroxylation is 1. The van der Waals surface area contributed by atoms with Crippen LogP contribution in [-0.4, -0.2) is 18.0 Å². The van der Waals surface area contributed by atoms with Crippen LogP contribution in [0, 0.1) is 12.8 Å². The van der Waals surface area contributed by atoms with Crippen LogP contribution in [0.1, 0.15) is 35.7 Å². The molecule has 0 heterocycles. The first-order valence-electron chi connectivity index (χ1n) is 6.25. The number of amides is 1. The molecule has 1 aliphatic rings. The Bertz CT molecular complexity index is 471. The Morgan fingerprint density at radius 1 is 1.56 bits per heavy atom. The zero-order valence-electron chi connectivity index (χ0n) is 10.8. The van der Waals surface area contributed by atoms with Gasteiger partial charge in [0.15, 0.2) is 0 Å². The fourth-order valence-corrected chi connectivity index (χ4v) is 2.57. The Morgan fingerprint density at radius 3 is 2.78 bits per heavy atom. The molecule has 98 valence electrons. The third kappa shape index (κ3) is 2.75. The number of hydrogen-bond acceptors (Lipinski definition) is 2. The van der Waals surface area contributed by atoms with Crippen molar-refractivity contribution < 1.29 is 4.79 Å². The summed E-state index contributed by atoms with van der Waals surface area (Å²) >= 11 is 3.40.